The lowest BCUT2D eigenvalue weighted by Crippen LogP contribution is -2.27. The third kappa shape index (κ3) is 2.63. The molecule has 0 aliphatic heterocycles. The molecule has 0 aliphatic carbocycles. The van der Waals surface area contributed by atoms with Gasteiger partial charge in [-0.05, 0) is 6.07 Å². The van der Waals surface area contributed by atoms with Gasteiger partial charge in [0.2, 0.25) is 5.91 Å². The Bertz CT molecular complexity index is 501. The Morgan fingerprint density at radius 3 is 2.94 bits per heavy atom. The first-order valence-corrected chi connectivity index (χ1v) is 5.17. The van der Waals surface area contributed by atoms with Crippen molar-refractivity contribution in [3.05, 3.63) is 30.2 Å². The molecular formula is C10H14N6O. The number of amides is 1. The molecule has 2 aromatic heterocycles. The second kappa shape index (κ2) is 4.69. The van der Waals surface area contributed by atoms with Gasteiger partial charge < -0.3 is 11.1 Å². The van der Waals surface area contributed by atoms with Crippen molar-refractivity contribution >= 4 is 11.7 Å². The van der Waals surface area contributed by atoms with Crippen LogP contribution in [-0.2, 0) is 24.9 Å². The Morgan fingerprint density at radius 2 is 2.35 bits per heavy atom. The molecule has 2 heterocycles. The molecule has 0 saturated carbocycles. The SMILES string of the molecule is Cn1ncc(CNC(=O)Cn2cccn2)c1N. The van der Waals surface area contributed by atoms with Gasteiger partial charge in [0.05, 0.1) is 6.20 Å². The number of carbonyl (C=O) groups excluding carboxylic acids is 1. The normalized spacial score (nSPS) is 10.4. The zero-order valence-electron chi connectivity index (χ0n) is 9.50. The first-order valence-electron chi connectivity index (χ1n) is 5.17. The number of hydrogen-bond acceptors (Lipinski definition) is 4. The fourth-order valence-corrected chi connectivity index (χ4v) is 1.42. The van der Waals surface area contributed by atoms with Crippen molar-refractivity contribution in [2.45, 2.75) is 13.1 Å². The lowest BCUT2D eigenvalue weighted by molar-refractivity contribution is -0.122. The molecule has 0 atom stereocenters. The van der Waals surface area contributed by atoms with Crippen LogP contribution in [0.5, 0.6) is 0 Å². The molecular weight excluding hydrogens is 220 g/mol. The first kappa shape index (κ1) is 11.2. The van der Waals surface area contributed by atoms with Gasteiger partial charge in [0.25, 0.3) is 0 Å². The summed E-state index contributed by atoms with van der Waals surface area (Å²) in [5.41, 5.74) is 6.56. The number of aryl methyl sites for hydroxylation is 1. The Morgan fingerprint density at radius 1 is 1.53 bits per heavy atom. The van der Waals surface area contributed by atoms with Crippen molar-refractivity contribution in [3.63, 3.8) is 0 Å². The molecule has 7 heteroatoms. The Kier molecular flexibility index (Phi) is 3.08. The molecule has 7 nitrogen and oxygen atoms in total. The van der Waals surface area contributed by atoms with Gasteiger partial charge in [-0.2, -0.15) is 10.2 Å². The molecule has 0 aromatic carbocycles. The summed E-state index contributed by atoms with van der Waals surface area (Å²) in [5.74, 6) is 0.446. The number of nitrogens with one attached hydrogen (secondary N) is 1. The van der Waals surface area contributed by atoms with Gasteiger partial charge in [0.1, 0.15) is 12.4 Å². The van der Waals surface area contributed by atoms with Gasteiger partial charge in [-0.1, -0.05) is 0 Å². The number of rotatable bonds is 4. The van der Waals surface area contributed by atoms with E-state index in [4.69, 9.17) is 5.73 Å². The summed E-state index contributed by atoms with van der Waals surface area (Å²) in [4.78, 5) is 11.6. The maximum absolute atomic E-state index is 11.6. The number of carbonyl (C=O) groups is 1. The molecule has 0 fully saturated rings. The maximum atomic E-state index is 11.6. The Balaban J connectivity index is 1.86. The molecule has 0 aliphatic rings. The van der Waals surface area contributed by atoms with Gasteiger partial charge in [0, 0.05) is 31.5 Å². The molecule has 2 aromatic rings. The smallest absolute Gasteiger partial charge is 0.242 e. The van der Waals surface area contributed by atoms with E-state index in [0.717, 1.165) is 5.56 Å². The highest BCUT2D eigenvalue weighted by Crippen LogP contribution is 2.08. The van der Waals surface area contributed by atoms with Crippen molar-refractivity contribution in [1.82, 2.24) is 24.9 Å². The first-order chi connectivity index (χ1) is 8.16. The van der Waals surface area contributed by atoms with Crippen molar-refractivity contribution in [1.29, 1.82) is 0 Å². The summed E-state index contributed by atoms with van der Waals surface area (Å²) in [7, 11) is 1.75. The van der Waals surface area contributed by atoms with Crippen LogP contribution in [0.4, 0.5) is 5.82 Å². The second-order valence-corrected chi connectivity index (χ2v) is 3.66. The van der Waals surface area contributed by atoms with Crippen molar-refractivity contribution in [2.24, 2.45) is 7.05 Å². The zero-order chi connectivity index (χ0) is 12.3. The van der Waals surface area contributed by atoms with Gasteiger partial charge in [-0.3, -0.25) is 14.2 Å². The summed E-state index contributed by atoms with van der Waals surface area (Å²) >= 11 is 0. The lowest BCUT2D eigenvalue weighted by Gasteiger charge is -2.04. The predicted molar refractivity (Wildman–Crippen MR) is 61.7 cm³/mol. The van der Waals surface area contributed by atoms with E-state index in [-0.39, 0.29) is 12.5 Å². The Labute approximate surface area is 98.2 Å². The molecule has 90 valence electrons. The summed E-state index contributed by atoms with van der Waals surface area (Å²) in [6, 6.07) is 1.77. The molecule has 0 spiro atoms. The molecule has 0 radical (unpaired) electrons. The highest BCUT2D eigenvalue weighted by Gasteiger charge is 2.07. The number of nitrogens with two attached hydrogens (primary N) is 1. The fourth-order valence-electron chi connectivity index (χ4n) is 1.42. The van der Waals surface area contributed by atoms with Crippen LogP contribution in [0.2, 0.25) is 0 Å². The van der Waals surface area contributed by atoms with Crippen LogP contribution < -0.4 is 11.1 Å². The third-order valence-electron chi connectivity index (χ3n) is 2.41. The van der Waals surface area contributed by atoms with Crippen LogP contribution in [0.3, 0.4) is 0 Å². The summed E-state index contributed by atoms with van der Waals surface area (Å²) in [5, 5.41) is 10.7. The van der Waals surface area contributed by atoms with Crippen molar-refractivity contribution in [2.75, 3.05) is 5.73 Å². The molecule has 1 amide bonds. The molecule has 0 unspecified atom stereocenters. The average molecular weight is 234 g/mol. The van der Waals surface area contributed by atoms with E-state index < -0.39 is 0 Å². The van der Waals surface area contributed by atoms with Gasteiger partial charge in [0.15, 0.2) is 0 Å². The maximum Gasteiger partial charge on any atom is 0.242 e. The topological polar surface area (TPSA) is 90.8 Å². The van der Waals surface area contributed by atoms with E-state index in [1.54, 1.807) is 41.1 Å². The summed E-state index contributed by atoms with van der Waals surface area (Å²) in [6.07, 6.45) is 5.01. The van der Waals surface area contributed by atoms with Crippen molar-refractivity contribution < 1.29 is 4.79 Å². The van der Waals surface area contributed by atoms with E-state index in [0.29, 0.717) is 12.4 Å². The molecule has 17 heavy (non-hydrogen) atoms. The quantitative estimate of drug-likeness (QED) is 0.747. The lowest BCUT2D eigenvalue weighted by atomic mass is 10.3. The van der Waals surface area contributed by atoms with E-state index in [1.807, 2.05) is 0 Å². The monoisotopic (exact) mass is 234 g/mol. The standard InChI is InChI=1S/C10H14N6O/c1-15-10(11)8(6-14-15)5-12-9(17)7-16-4-2-3-13-16/h2-4,6H,5,7,11H2,1H3,(H,12,17). The fraction of sp³-hybridized carbons (Fsp3) is 0.300. The largest absolute Gasteiger partial charge is 0.384 e. The highest BCUT2D eigenvalue weighted by molar-refractivity contribution is 5.75. The van der Waals surface area contributed by atoms with E-state index in [1.165, 1.54) is 0 Å². The van der Waals surface area contributed by atoms with Gasteiger partial charge >= 0.3 is 0 Å². The second-order valence-electron chi connectivity index (χ2n) is 3.66. The number of nitrogen functional groups attached to an aromatic ring is 1. The number of anilines is 1. The number of hydrogen-bond donors (Lipinski definition) is 2. The van der Waals surface area contributed by atoms with Crippen LogP contribution in [0.15, 0.2) is 24.7 Å². The summed E-state index contributed by atoms with van der Waals surface area (Å²) < 4.78 is 3.12. The predicted octanol–water partition coefficient (Wildman–Crippen LogP) is -0.485. The molecule has 0 saturated heterocycles. The minimum Gasteiger partial charge on any atom is -0.384 e. The van der Waals surface area contributed by atoms with Crippen LogP contribution >= 0.6 is 0 Å². The van der Waals surface area contributed by atoms with Crippen molar-refractivity contribution in [3.8, 4) is 0 Å². The highest BCUT2D eigenvalue weighted by atomic mass is 16.2. The van der Waals surface area contributed by atoms with Crippen LogP contribution in [0, 0.1) is 0 Å². The molecule has 0 bridgehead atoms. The molecule has 2 rings (SSSR count). The average Bonchev–Trinajstić information content (AvgIpc) is 2.90. The number of aromatic nitrogens is 4. The van der Waals surface area contributed by atoms with Gasteiger partial charge in [-0.25, -0.2) is 0 Å². The minimum absolute atomic E-state index is 0.114. The van der Waals surface area contributed by atoms with Crippen LogP contribution in [0.1, 0.15) is 5.56 Å². The van der Waals surface area contributed by atoms with E-state index in [9.17, 15) is 4.79 Å². The third-order valence-corrected chi connectivity index (χ3v) is 2.41. The van der Waals surface area contributed by atoms with E-state index >= 15 is 0 Å². The zero-order valence-corrected chi connectivity index (χ0v) is 9.50. The van der Waals surface area contributed by atoms with Crippen LogP contribution in [0.25, 0.3) is 0 Å². The minimum atomic E-state index is -0.114. The number of nitrogens with zero attached hydrogens (tertiary/aromatic N) is 4. The Hall–Kier alpha value is -2.31. The summed E-state index contributed by atoms with van der Waals surface area (Å²) in [6.45, 7) is 0.576. The van der Waals surface area contributed by atoms with Crippen LogP contribution in [-0.4, -0.2) is 25.5 Å². The molecule has 3 N–H and O–H groups in total. The van der Waals surface area contributed by atoms with E-state index in [2.05, 4.69) is 15.5 Å². The van der Waals surface area contributed by atoms with Gasteiger partial charge in [-0.15, -0.1) is 0 Å².